The number of piperidine rings is 1. The Balaban J connectivity index is 2.22. The quantitative estimate of drug-likeness (QED) is 0.874. The molecule has 0 saturated carbocycles. The molecule has 2 N–H and O–H groups in total. The predicted molar refractivity (Wildman–Crippen MR) is 87.9 cm³/mol. The lowest BCUT2D eigenvalue weighted by molar-refractivity contribution is -0.138. The van der Waals surface area contributed by atoms with E-state index in [9.17, 15) is 22.8 Å². The Labute approximate surface area is 145 Å². The maximum Gasteiger partial charge on any atom is 0.416 e. The zero-order valence-electron chi connectivity index (χ0n) is 14.8. The minimum Gasteiger partial charge on any atom is -0.350 e. The van der Waals surface area contributed by atoms with Crippen molar-refractivity contribution >= 4 is 11.8 Å². The van der Waals surface area contributed by atoms with Gasteiger partial charge >= 0.3 is 6.18 Å². The lowest BCUT2D eigenvalue weighted by atomic mass is 9.81. The fraction of sp³-hybridized carbons (Fsp3) is 0.556. The molecule has 1 aromatic carbocycles. The maximum absolute atomic E-state index is 12.9. The Morgan fingerprint density at radius 3 is 2.40 bits per heavy atom. The molecule has 0 aliphatic carbocycles. The molecule has 1 heterocycles. The highest BCUT2D eigenvalue weighted by molar-refractivity contribution is 5.88. The monoisotopic (exact) mass is 356 g/mol. The molecule has 1 aromatic rings. The van der Waals surface area contributed by atoms with Crippen LogP contribution in [0.1, 0.15) is 51.7 Å². The number of hydrogen-bond donors (Lipinski definition) is 2. The molecule has 25 heavy (non-hydrogen) atoms. The summed E-state index contributed by atoms with van der Waals surface area (Å²) in [5.41, 5.74) is -2.25. The highest BCUT2D eigenvalue weighted by Gasteiger charge is 2.40. The number of alkyl halides is 3. The molecule has 138 valence electrons. The van der Waals surface area contributed by atoms with Gasteiger partial charge < -0.3 is 10.6 Å². The van der Waals surface area contributed by atoms with Crippen molar-refractivity contribution < 1.29 is 22.8 Å². The van der Waals surface area contributed by atoms with Crippen LogP contribution in [0.4, 0.5) is 13.2 Å². The van der Waals surface area contributed by atoms with E-state index in [-0.39, 0.29) is 23.4 Å². The van der Waals surface area contributed by atoms with E-state index in [0.29, 0.717) is 12.8 Å². The molecule has 1 aliphatic heterocycles. The Hall–Kier alpha value is -2.05. The van der Waals surface area contributed by atoms with Crippen molar-refractivity contribution in [3.05, 3.63) is 35.4 Å². The molecule has 0 spiro atoms. The van der Waals surface area contributed by atoms with Crippen LogP contribution in [0.3, 0.4) is 0 Å². The first-order valence-corrected chi connectivity index (χ1v) is 8.14. The summed E-state index contributed by atoms with van der Waals surface area (Å²) in [4.78, 5) is 24.3. The van der Waals surface area contributed by atoms with E-state index in [1.807, 2.05) is 13.8 Å². The summed E-state index contributed by atoms with van der Waals surface area (Å²) in [5.74, 6) is -0.450. The second-order valence-electron chi connectivity index (χ2n) is 7.54. The molecule has 1 atom stereocenters. The van der Waals surface area contributed by atoms with Crippen LogP contribution < -0.4 is 10.6 Å². The summed E-state index contributed by atoms with van der Waals surface area (Å²) in [6.45, 7) is 6.80. The molecule has 1 fully saturated rings. The molecule has 0 bridgehead atoms. The van der Waals surface area contributed by atoms with Crippen LogP contribution in [-0.2, 0) is 21.2 Å². The molecule has 2 rings (SSSR count). The lowest BCUT2D eigenvalue weighted by Gasteiger charge is -2.41. The van der Waals surface area contributed by atoms with Crippen molar-refractivity contribution in [2.24, 2.45) is 0 Å². The van der Waals surface area contributed by atoms with Gasteiger partial charge in [-0.3, -0.25) is 9.59 Å². The van der Waals surface area contributed by atoms with Crippen molar-refractivity contribution in [2.45, 2.75) is 63.7 Å². The summed E-state index contributed by atoms with van der Waals surface area (Å²) in [7, 11) is 0. The largest absolute Gasteiger partial charge is 0.416 e. The Morgan fingerprint density at radius 2 is 1.84 bits per heavy atom. The van der Waals surface area contributed by atoms with Crippen molar-refractivity contribution in [1.82, 2.24) is 10.6 Å². The molecule has 4 nitrogen and oxygen atoms in total. The maximum atomic E-state index is 12.9. The Morgan fingerprint density at radius 1 is 1.24 bits per heavy atom. The first-order chi connectivity index (χ1) is 11.3. The third kappa shape index (κ3) is 4.14. The van der Waals surface area contributed by atoms with Crippen LogP contribution in [0.25, 0.3) is 0 Å². The number of rotatable bonds is 3. The molecule has 1 aliphatic rings. The zero-order chi connectivity index (χ0) is 19.0. The van der Waals surface area contributed by atoms with Crippen LogP contribution in [-0.4, -0.2) is 23.4 Å². The van der Waals surface area contributed by atoms with Crippen LogP contribution >= 0.6 is 0 Å². The molecular formula is C18H23F3N2O2. The fourth-order valence-corrected chi connectivity index (χ4v) is 2.95. The third-order valence-electron chi connectivity index (χ3n) is 4.78. The predicted octanol–water partition coefficient (Wildman–Crippen LogP) is 3.16. The van der Waals surface area contributed by atoms with Gasteiger partial charge in [0.25, 0.3) is 0 Å². The van der Waals surface area contributed by atoms with E-state index in [4.69, 9.17) is 0 Å². The number of hydrogen-bond acceptors (Lipinski definition) is 2. The van der Waals surface area contributed by atoms with Gasteiger partial charge in [0, 0.05) is 6.42 Å². The topological polar surface area (TPSA) is 58.2 Å². The van der Waals surface area contributed by atoms with Crippen LogP contribution in [0.5, 0.6) is 0 Å². The van der Waals surface area contributed by atoms with Gasteiger partial charge in [-0.1, -0.05) is 18.2 Å². The molecule has 7 heteroatoms. The van der Waals surface area contributed by atoms with Crippen molar-refractivity contribution in [3.63, 3.8) is 0 Å². The lowest BCUT2D eigenvalue weighted by Crippen LogP contribution is -2.63. The first-order valence-electron chi connectivity index (χ1n) is 8.14. The number of benzene rings is 1. The summed E-state index contributed by atoms with van der Waals surface area (Å²) in [5, 5.41) is 5.72. The van der Waals surface area contributed by atoms with Gasteiger partial charge in [-0.25, -0.2) is 0 Å². The molecule has 0 radical (unpaired) electrons. The van der Waals surface area contributed by atoms with E-state index in [0.717, 1.165) is 12.1 Å². The molecule has 1 unspecified atom stereocenters. The summed E-state index contributed by atoms with van der Waals surface area (Å²) < 4.78 is 38.8. The minimum atomic E-state index is -4.46. The van der Waals surface area contributed by atoms with E-state index < -0.39 is 22.7 Å². The summed E-state index contributed by atoms with van der Waals surface area (Å²) >= 11 is 0. The van der Waals surface area contributed by atoms with Gasteiger partial charge in [-0.2, -0.15) is 13.2 Å². The van der Waals surface area contributed by atoms with Gasteiger partial charge in [0.1, 0.15) is 0 Å². The third-order valence-corrected chi connectivity index (χ3v) is 4.78. The minimum absolute atomic E-state index is 0.0763. The second-order valence-corrected chi connectivity index (χ2v) is 7.54. The average Bonchev–Trinajstić information content (AvgIpc) is 2.48. The summed E-state index contributed by atoms with van der Waals surface area (Å²) in [6.07, 6.45) is -3.67. The van der Waals surface area contributed by atoms with Gasteiger partial charge in [0.05, 0.1) is 22.6 Å². The van der Waals surface area contributed by atoms with Gasteiger partial charge in [0.2, 0.25) is 11.8 Å². The second kappa shape index (κ2) is 6.35. The average molecular weight is 356 g/mol. The first kappa shape index (κ1) is 19.3. The van der Waals surface area contributed by atoms with Crippen LogP contribution in [0, 0.1) is 0 Å². The molecule has 2 amide bonds. The molecular weight excluding hydrogens is 333 g/mol. The Kier molecular flexibility index (Phi) is 4.90. The standard InChI is InChI=1S/C18H23F3N2O2/c1-16(2,11-6-5-7-12(10-11)18(19,20)21)15(25)22-13-8-9-14(24)23-17(13,3)4/h5-7,10,13H,8-9H2,1-4H3,(H,22,25)(H,23,24). The number of amides is 2. The normalized spacial score (nSPS) is 20.8. The van der Waals surface area contributed by atoms with Gasteiger partial charge in [0.15, 0.2) is 0 Å². The number of nitrogens with one attached hydrogen (secondary N) is 2. The Bertz CT molecular complexity index is 681. The van der Waals surface area contributed by atoms with Gasteiger partial charge in [-0.05, 0) is 45.7 Å². The van der Waals surface area contributed by atoms with Crippen molar-refractivity contribution in [2.75, 3.05) is 0 Å². The molecule has 0 aromatic heterocycles. The SMILES string of the molecule is CC(C)(C(=O)NC1CCC(=O)NC1(C)C)c1cccc(C(F)(F)F)c1. The summed E-state index contributed by atoms with van der Waals surface area (Å²) in [6, 6.07) is 4.52. The van der Waals surface area contributed by atoms with E-state index >= 15 is 0 Å². The fourth-order valence-electron chi connectivity index (χ4n) is 2.95. The highest BCUT2D eigenvalue weighted by Crippen LogP contribution is 2.33. The van der Waals surface area contributed by atoms with E-state index in [2.05, 4.69) is 10.6 Å². The van der Waals surface area contributed by atoms with E-state index in [1.165, 1.54) is 12.1 Å². The van der Waals surface area contributed by atoms with Crippen molar-refractivity contribution in [3.8, 4) is 0 Å². The number of halogens is 3. The van der Waals surface area contributed by atoms with Crippen molar-refractivity contribution in [1.29, 1.82) is 0 Å². The van der Waals surface area contributed by atoms with Gasteiger partial charge in [-0.15, -0.1) is 0 Å². The highest BCUT2D eigenvalue weighted by atomic mass is 19.4. The zero-order valence-corrected chi connectivity index (χ0v) is 14.8. The number of carbonyl (C=O) groups excluding carboxylic acids is 2. The van der Waals surface area contributed by atoms with Crippen LogP contribution in [0.2, 0.25) is 0 Å². The smallest absolute Gasteiger partial charge is 0.350 e. The van der Waals surface area contributed by atoms with Crippen LogP contribution in [0.15, 0.2) is 24.3 Å². The molecule has 1 saturated heterocycles. The number of carbonyl (C=O) groups is 2. The van der Waals surface area contributed by atoms with E-state index in [1.54, 1.807) is 13.8 Å².